The summed E-state index contributed by atoms with van der Waals surface area (Å²) in [6.45, 7) is 0. The summed E-state index contributed by atoms with van der Waals surface area (Å²) in [6, 6.07) is 0. The molecule has 0 N–H and O–H groups in total. The average molecular weight is 290 g/mol. The predicted molar refractivity (Wildman–Crippen MR) is 11.5 cm³/mol. The first-order valence-electron chi connectivity index (χ1n) is 0. The van der Waals surface area contributed by atoms with Gasteiger partial charge in [0, 0.05) is 80.0 Å². The van der Waals surface area contributed by atoms with Crippen molar-refractivity contribution in [3.05, 3.63) is 0 Å². The summed E-state index contributed by atoms with van der Waals surface area (Å²) in [6.07, 6.45) is 0. The molecule has 0 unspecified atom stereocenters. The fourth-order valence-corrected chi connectivity index (χ4v) is 0. The van der Waals surface area contributed by atoms with E-state index in [2.05, 4.69) is 0 Å². The Kier molecular flexibility index (Phi) is 136. The van der Waals surface area contributed by atoms with E-state index in [0.29, 0.717) is 0 Å². The van der Waals surface area contributed by atoms with Crippen LogP contribution in [0.3, 0.4) is 0 Å². The van der Waals surface area contributed by atoms with Crippen molar-refractivity contribution < 1.29 is 38.1 Å². The molecule has 0 aliphatic heterocycles. The number of hydrogen-bond acceptors (Lipinski definition) is 0. The first-order chi connectivity index (χ1) is 0. The largest absolute Gasteiger partial charge is 0 e. The van der Waals surface area contributed by atoms with E-state index < -0.39 is 0 Å². The molecule has 0 heterocycles. The third kappa shape index (κ3) is 8.82. The van der Waals surface area contributed by atoms with Gasteiger partial charge in [0.05, 0.1) is 0 Å². The fraction of sp³-hybridized carbons (Fsp3) is 0. The molecule has 0 saturated heterocycles. The molecule has 24 valence electrons. The van der Waals surface area contributed by atoms with Crippen molar-refractivity contribution in [2.45, 2.75) is 0 Å². The van der Waals surface area contributed by atoms with Crippen LogP contribution in [-0.2, 0) is 38.1 Å². The zero-order valence-electron chi connectivity index (χ0n) is 2.32. The van der Waals surface area contributed by atoms with Crippen LogP contribution in [0.25, 0.3) is 0 Å². The second-order valence-electron chi connectivity index (χ2n) is 0. The summed E-state index contributed by atoms with van der Waals surface area (Å²) in [7, 11) is 0. The van der Waals surface area contributed by atoms with Crippen LogP contribution < -0.4 is 0 Å². The van der Waals surface area contributed by atoms with Crippen LogP contribution >= 0.6 is 0 Å². The Morgan fingerprint density at radius 2 is 1.00 bits per heavy atom. The third-order valence-electron chi connectivity index (χ3n) is 0. The van der Waals surface area contributed by atoms with E-state index in [-0.39, 0.29) is 80.0 Å². The SMILES string of the molecule is [Cu].[Li].[Mg].[Pt]. The summed E-state index contributed by atoms with van der Waals surface area (Å²) >= 11 is 0. The minimum Gasteiger partial charge on any atom is 0 e. The second-order valence-corrected chi connectivity index (χ2v) is 0. The molecule has 0 aliphatic carbocycles. The predicted octanol–water partition coefficient (Wildman–Crippen LogP) is -0.767. The molecule has 0 rings (SSSR count). The molecular formula is CuLiMgPt. The fourth-order valence-electron chi connectivity index (χ4n) is 0. The van der Waals surface area contributed by atoms with Crippen LogP contribution in [0.2, 0.25) is 0 Å². The molecule has 4 heavy (non-hydrogen) atoms. The maximum absolute atomic E-state index is 0. The van der Waals surface area contributed by atoms with Gasteiger partial charge in [0.25, 0.3) is 0 Å². The van der Waals surface area contributed by atoms with Crippen molar-refractivity contribution in [3.8, 4) is 0 Å². The number of rotatable bonds is 0. The van der Waals surface area contributed by atoms with Crippen molar-refractivity contribution in [3.63, 3.8) is 0 Å². The van der Waals surface area contributed by atoms with Crippen molar-refractivity contribution in [1.29, 1.82) is 0 Å². The van der Waals surface area contributed by atoms with E-state index in [1.165, 1.54) is 0 Å². The molecule has 4 radical (unpaired) electrons. The molecule has 0 bridgehead atoms. The molecule has 0 aliphatic rings. The molecule has 0 fully saturated rings. The van der Waals surface area contributed by atoms with Gasteiger partial charge in [0.2, 0.25) is 0 Å². The van der Waals surface area contributed by atoms with Crippen LogP contribution in [0.4, 0.5) is 0 Å². The Hall–Kier alpha value is 2.57. The van der Waals surface area contributed by atoms with Crippen molar-refractivity contribution in [1.82, 2.24) is 0 Å². The quantitative estimate of drug-likeness (QED) is 0.514. The second kappa shape index (κ2) is 17.6. The van der Waals surface area contributed by atoms with E-state index >= 15 is 0 Å². The molecule has 0 aromatic rings. The molecule has 0 saturated carbocycles. The molecular weight excluding hydrogens is 290 g/mol. The third-order valence-corrected chi connectivity index (χ3v) is 0. The van der Waals surface area contributed by atoms with Gasteiger partial charge in [-0.25, -0.2) is 0 Å². The van der Waals surface area contributed by atoms with Gasteiger partial charge in [0.15, 0.2) is 0 Å². The summed E-state index contributed by atoms with van der Waals surface area (Å²) in [4.78, 5) is 0. The number of hydrogen-bond donors (Lipinski definition) is 0. The smallest absolute Gasteiger partial charge is 0 e. The molecule has 0 spiro atoms. The maximum atomic E-state index is 0. The Bertz CT molecular complexity index is 8.00. The summed E-state index contributed by atoms with van der Waals surface area (Å²) < 4.78 is 0. The van der Waals surface area contributed by atoms with E-state index in [1.54, 1.807) is 0 Å². The van der Waals surface area contributed by atoms with Crippen molar-refractivity contribution >= 4 is 41.9 Å². The van der Waals surface area contributed by atoms with E-state index in [4.69, 9.17) is 0 Å². The Labute approximate surface area is 78.9 Å². The zero-order valence-corrected chi connectivity index (χ0v) is 6.95. The van der Waals surface area contributed by atoms with Crippen molar-refractivity contribution in [2.24, 2.45) is 0 Å². The summed E-state index contributed by atoms with van der Waals surface area (Å²) in [5.41, 5.74) is 0. The minimum atomic E-state index is 0. The van der Waals surface area contributed by atoms with Gasteiger partial charge in [-0.05, 0) is 0 Å². The van der Waals surface area contributed by atoms with Crippen molar-refractivity contribution in [2.75, 3.05) is 0 Å². The summed E-state index contributed by atoms with van der Waals surface area (Å²) in [5, 5.41) is 0. The molecule has 0 nitrogen and oxygen atoms in total. The van der Waals surface area contributed by atoms with Crippen LogP contribution in [-0.4, -0.2) is 41.9 Å². The van der Waals surface area contributed by atoms with Gasteiger partial charge in [0.1, 0.15) is 0 Å². The monoisotopic (exact) mass is 289 g/mol. The Balaban J connectivity index is 0. The van der Waals surface area contributed by atoms with E-state index in [9.17, 15) is 0 Å². The molecule has 0 atom stereocenters. The molecule has 0 aromatic carbocycles. The summed E-state index contributed by atoms with van der Waals surface area (Å²) in [5.74, 6) is 0. The average Bonchev–Trinajstić information content (AvgIpc) is 0. The topological polar surface area (TPSA) is 0 Å². The van der Waals surface area contributed by atoms with Gasteiger partial charge in [-0.3, -0.25) is 0 Å². The van der Waals surface area contributed by atoms with E-state index in [1.807, 2.05) is 0 Å². The zero-order chi connectivity index (χ0) is 0. The van der Waals surface area contributed by atoms with Crippen LogP contribution in [0, 0.1) is 0 Å². The van der Waals surface area contributed by atoms with E-state index in [0.717, 1.165) is 0 Å². The first-order valence-corrected chi connectivity index (χ1v) is 0. The van der Waals surface area contributed by atoms with Gasteiger partial charge in [-0.2, -0.15) is 0 Å². The molecule has 0 amide bonds. The van der Waals surface area contributed by atoms with Crippen LogP contribution in [0.15, 0.2) is 0 Å². The maximum Gasteiger partial charge on any atom is 0 e. The van der Waals surface area contributed by atoms with Crippen LogP contribution in [0.1, 0.15) is 0 Å². The molecule has 0 aromatic heterocycles. The van der Waals surface area contributed by atoms with Crippen LogP contribution in [0.5, 0.6) is 0 Å². The Morgan fingerprint density at radius 1 is 1.00 bits per heavy atom. The first kappa shape index (κ1) is 30.8. The van der Waals surface area contributed by atoms with Gasteiger partial charge in [-0.1, -0.05) is 0 Å². The van der Waals surface area contributed by atoms with Gasteiger partial charge < -0.3 is 0 Å². The van der Waals surface area contributed by atoms with Gasteiger partial charge in [-0.15, -0.1) is 0 Å². The normalized spacial score (nSPS) is 0. The molecule has 4 heteroatoms. The minimum absolute atomic E-state index is 0. The Morgan fingerprint density at radius 3 is 1.00 bits per heavy atom. The standard InChI is InChI=1S/Cu.Li.Mg.Pt. The van der Waals surface area contributed by atoms with Gasteiger partial charge >= 0.3 is 0 Å².